The van der Waals surface area contributed by atoms with Crippen LogP contribution >= 0.6 is 0 Å². The van der Waals surface area contributed by atoms with Crippen molar-refractivity contribution >= 4 is 9.84 Å². The van der Waals surface area contributed by atoms with Gasteiger partial charge in [-0.1, -0.05) is 19.8 Å². The summed E-state index contributed by atoms with van der Waals surface area (Å²) < 4.78 is 21.8. The summed E-state index contributed by atoms with van der Waals surface area (Å²) in [5.74, 6) is 1.25. The van der Waals surface area contributed by atoms with Gasteiger partial charge in [0.05, 0.1) is 5.75 Å². The molecule has 3 nitrogen and oxygen atoms in total. The molecule has 0 saturated heterocycles. The summed E-state index contributed by atoms with van der Waals surface area (Å²) in [6.07, 6.45) is 7.24. The second kappa shape index (κ2) is 5.85. The zero-order valence-electron chi connectivity index (χ0n) is 9.83. The Morgan fingerprint density at radius 1 is 1.40 bits per heavy atom. The quantitative estimate of drug-likeness (QED) is 0.648. The number of nitrogens with one attached hydrogen (secondary N) is 1. The van der Waals surface area contributed by atoms with E-state index < -0.39 is 9.84 Å². The highest BCUT2D eigenvalue weighted by Crippen LogP contribution is 2.33. The first-order valence-corrected chi connectivity index (χ1v) is 7.98. The molecule has 0 amide bonds. The molecule has 0 aromatic rings. The predicted molar refractivity (Wildman–Crippen MR) is 63.8 cm³/mol. The fraction of sp³-hybridized carbons (Fsp3) is 1.00. The first-order valence-electron chi connectivity index (χ1n) is 5.92. The third kappa shape index (κ3) is 6.90. The average molecular weight is 233 g/mol. The lowest BCUT2D eigenvalue weighted by atomic mass is 10.1. The highest BCUT2D eigenvalue weighted by molar-refractivity contribution is 7.90. The zero-order valence-corrected chi connectivity index (χ0v) is 10.6. The van der Waals surface area contributed by atoms with E-state index in [1.807, 2.05) is 0 Å². The summed E-state index contributed by atoms with van der Waals surface area (Å²) in [5.41, 5.74) is 0. The van der Waals surface area contributed by atoms with Gasteiger partial charge in [0.1, 0.15) is 9.84 Å². The lowest BCUT2D eigenvalue weighted by Gasteiger charge is -2.16. The molecule has 0 spiro atoms. The summed E-state index contributed by atoms with van der Waals surface area (Å²) in [6, 6.07) is 0.595. The lowest BCUT2D eigenvalue weighted by molar-refractivity contribution is 0.446. The predicted octanol–water partition coefficient (Wildman–Crippen LogP) is 1.59. The second-order valence-corrected chi connectivity index (χ2v) is 6.98. The molecule has 0 radical (unpaired) electrons. The Labute approximate surface area is 93.6 Å². The highest BCUT2D eigenvalue weighted by atomic mass is 32.2. The van der Waals surface area contributed by atoms with Crippen LogP contribution in [0.25, 0.3) is 0 Å². The molecule has 1 rings (SSSR count). The number of hydrogen-bond acceptors (Lipinski definition) is 3. The van der Waals surface area contributed by atoms with Crippen LogP contribution in [0.2, 0.25) is 0 Å². The minimum Gasteiger partial charge on any atom is -0.314 e. The van der Waals surface area contributed by atoms with E-state index in [4.69, 9.17) is 0 Å². The first-order chi connectivity index (χ1) is 7.01. The summed E-state index contributed by atoms with van der Waals surface area (Å²) >= 11 is 0. The van der Waals surface area contributed by atoms with Crippen LogP contribution in [0.3, 0.4) is 0 Å². The van der Waals surface area contributed by atoms with Gasteiger partial charge in [0.25, 0.3) is 0 Å². The third-order valence-electron chi connectivity index (χ3n) is 2.93. The van der Waals surface area contributed by atoms with Gasteiger partial charge in [0.15, 0.2) is 0 Å². The zero-order chi connectivity index (χ0) is 11.3. The maximum atomic E-state index is 10.9. The monoisotopic (exact) mass is 233 g/mol. The van der Waals surface area contributed by atoms with Crippen LogP contribution < -0.4 is 5.32 Å². The summed E-state index contributed by atoms with van der Waals surface area (Å²) in [7, 11) is -2.78. The van der Waals surface area contributed by atoms with Gasteiger partial charge in [-0.25, -0.2) is 8.42 Å². The summed E-state index contributed by atoms with van der Waals surface area (Å²) in [5, 5.41) is 3.45. The van der Waals surface area contributed by atoms with Crippen molar-refractivity contribution < 1.29 is 8.42 Å². The van der Waals surface area contributed by atoms with Crippen molar-refractivity contribution in [2.24, 2.45) is 5.92 Å². The van der Waals surface area contributed by atoms with Crippen molar-refractivity contribution in [3.8, 4) is 0 Å². The van der Waals surface area contributed by atoms with E-state index in [0.29, 0.717) is 11.8 Å². The van der Waals surface area contributed by atoms with Gasteiger partial charge in [-0.2, -0.15) is 0 Å². The molecule has 1 aliphatic carbocycles. The maximum absolute atomic E-state index is 10.9. The van der Waals surface area contributed by atoms with Gasteiger partial charge in [0, 0.05) is 12.3 Å². The van der Waals surface area contributed by atoms with Crippen molar-refractivity contribution in [2.45, 2.75) is 45.1 Å². The fourth-order valence-electron chi connectivity index (χ4n) is 1.79. The van der Waals surface area contributed by atoms with Crippen LogP contribution in [0.5, 0.6) is 0 Å². The van der Waals surface area contributed by atoms with Crippen molar-refractivity contribution in [3.05, 3.63) is 0 Å². The minimum atomic E-state index is -2.78. The second-order valence-electron chi connectivity index (χ2n) is 4.72. The average Bonchev–Trinajstić information content (AvgIpc) is 2.92. The summed E-state index contributed by atoms with van der Waals surface area (Å²) in [4.78, 5) is 0. The van der Waals surface area contributed by atoms with Gasteiger partial charge in [0.2, 0.25) is 0 Å². The van der Waals surface area contributed by atoms with E-state index in [9.17, 15) is 8.42 Å². The van der Waals surface area contributed by atoms with Crippen molar-refractivity contribution in [3.63, 3.8) is 0 Å². The molecule has 1 atom stereocenters. The molecule has 0 aromatic heterocycles. The molecular weight excluding hydrogens is 210 g/mol. The van der Waals surface area contributed by atoms with E-state index in [1.165, 1.54) is 25.5 Å². The van der Waals surface area contributed by atoms with E-state index >= 15 is 0 Å². The van der Waals surface area contributed by atoms with E-state index in [-0.39, 0.29) is 0 Å². The smallest absolute Gasteiger partial charge is 0.147 e. The fourth-order valence-corrected chi connectivity index (χ4v) is 2.46. The van der Waals surface area contributed by atoms with Crippen LogP contribution in [0.1, 0.15) is 39.0 Å². The molecule has 90 valence electrons. The molecule has 0 bridgehead atoms. The molecule has 1 aliphatic rings. The topological polar surface area (TPSA) is 46.2 Å². The normalized spacial score (nSPS) is 19.1. The van der Waals surface area contributed by atoms with Crippen molar-refractivity contribution in [2.75, 3.05) is 18.6 Å². The van der Waals surface area contributed by atoms with E-state index in [1.54, 1.807) is 0 Å². The van der Waals surface area contributed by atoms with Gasteiger partial charge < -0.3 is 5.32 Å². The molecule has 4 heteroatoms. The maximum Gasteiger partial charge on any atom is 0.147 e. The van der Waals surface area contributed by atoms with Crippen molar-refractivity contribution in [1.29, 1.82) is 0 Å². The van der Waals surface area contributed by atoms with Crippen LogP contribution in [0, 0.1) is 5.92 Å². The van der Waals surface area contributed by atoms with E-state index in [2.05, 4.69) is 12.2 Å². The van der Waals surface area contributed by atoms with Crippen LogP contribution in [0.15, 0.2) is 0 Å². The van der Waals surface area contributed by atoms with E-state index in [0.717, 1.165) is 25.3 Å². The molecule has 1 N–H and O–H groups in total. The van der Waals surface area contributed by atoms with Crippen molar-refractivity contribution in [1.82, 2.24) is 5.32 Å². The molecule has 0 aliphatic heterocycles. The van der Waals surface area contributed by atoms with Gasteiger partial charge in [-0.05, 0) is 31.7 Å². The molecule has 1 unspecified atom stereocenters. The Morgan fingerprint density at radius 2 is 2.07 bits per heavy atom. The third-order valence-corrected chi connectivity index (χ3v) is 3.96. The first kappa shape index (κ1) is 13.0. The number of sulfone groups is 1. The number of hydrogen-bond donors (Lipinski definition) is 1. The Bertz CT molecular complexity index is 270. The molecule has 1 saturated carbocycles. The van der Waals surface area contributed by atoms with Crippen LogP contribution in [-0.2, 0) is 9.84 Å². The van der Waals surface area contributed by atoms with Crippen LogP contribution in [0.4, 0.5) is 0 Å². The lowest BCUT2D eigenvalue weighted by Crippen LogP contribution is -2.30. The summed E-state index contributed by atoms with van der Waals surface area (Å²) in [6.45, 7) is 3.02. The largest absolute Gasteiger partial charge is 0.314 e. The standard InChI is InChI=1S/C11H23NO2S/c1-3-11(9-10-5-6-10)12-7-4-8-15(2,13)14/h10-12H,3-9H2,1-2H3. The Hall–Kier alpha value is -0.0900. The highest BCUT2D eigenvalue weighted by Gasteiger charge is 2.24. The van der Waals surface area contributed by atoms with Gasteiger partial charge in [-0.15, -0.1) is 0 Å². The SMILES string of the molecule is CCC(CC1CC1)NCCCS(C)(=O)=O. The molecule has 15 heavy (non-hydrogen) atoms. The Balaban J connectivity index is 2.05. The molecule has 1 fully saturated rings. The molecular formula is C11H23NO2S. The Kier molecular flexibility index (Phi) is 5.06. The Morgan fingerprint density at radius 3 is 2.53 bits per heavy atom. The molecule has 0 heterocycles. The number of rotatable bonds is 8. The van der Waals surface area contributed by atoms with Gasteiger partial charge in [-0.3, -0.25) is 0 Å². The van der Waals surface area contributed by atoms with Crippen LogP contribution in [-0.4, -0.2) is 33.0 Å². The minimum absolute atomic E-state index is 0.305. The molecule has 0 aromatic carbocycles. The van der Waals surface area contributed by atoms with Gasteiger partial charge >= 0.3 is 0 Å².